The van der Waals surface area contributed by atoms with Gasteiger partial charge in [-0.2, -0.15) is 0 Å². The van der Waals surface area contributed by atoms with Crippen LogP contribution in [-0.4, -0.2) is 54.7 Å². The Hall–Kier alpha value is -1.76. The zero-order chi connectivity index (χ0) is 18.5. The summed E-state index contributed by atoms with van der Waals surface area (Å²) in [7, 11) is 0. The van der Waals surface area contributed by atoms with Gasteiger partial charge in [0, 0.05) is 47.9 Å². The van der Waals surface area contributed by atoms with Crippen molar-refractivity contribution >= 4 is 17.2 Å². The molecule has 1 aromatic carbocycles. The summed E-state index contributed by atoms with van der Waals surface area (Å²) in [6.07, 6.45) is 0. The van der Waals surface area contributed by atoms with Gasteiger partial charge in [0.05, 0.1) is 13.2 Å². The molecule has 2 heterocycles. The SMILES string of the molecule is Cc1csc(-c2ccc(C(=O)NCC(C(C)C)N3CCOCC3)cc2)n1. The van der Waals surface area contributed by atoms with E-state index in [1.807, 2.05) is 36.6 Å². The van der Waals surface area contributed by atoms with E-state index in [4.69, 9.17) is 4.74 Å². The molecule has 1 unspecified atom stereocenters. The number of hydrogen-bond acceptors (Lipinski definition) is 5. The molecule has 2 aromatic rings. The van der Waals surface area contributed by atoms with Gasteiger partial charge >= 0.3 is 0 Å². The molecule has 140 valence electrons. The standard InChI is InChI=1S/C20H27N3O2S/c1-14(2)18(23-8-10-25-11-9-23)12-21-19(24)16-4-6-17(7-5-16)20-22-15(3)13-26-20/h4-7,13-14,18H,8-12H2,1-3H3,(H,21,24). The molecule has 0 aliphatic carbocycles. The first-order chi connectivity index (χ1) is 12.5. The average molecular weight is 374 g/mol. The fourth-order valence-corrected chi connectivity index (χ4v) is 4.05. The van der Waals surface area contributed by atoms with Crippen molar-refractivity contribution in [2.24, 2.45) is 5.92 Å². The van der Waals surface area contributed by atoms with Crippen LogP contribution in [0.1, 0.15) is 29.9 Å². The second-order valence-corrected chi connectivity index (χ2v) is 7.90. The molecule has 1 fully saturated rings. The summed E-state index contributed by atoms with van der Waals surface area (Å²) in [6, 6.07) is 8.02. The Morgan fingerprint density at radius 3 is 2.54 bits per heavy atom. The van der Waals surface area contributed by atoms with Crippen LogP contribution in [0.4, 0.5) is 0 Å². The molecule has 1 saturated heterocycles. The van der Waals surface area contributed by atoms with Gasteiger partial charge in [-0.25, -0.2) is 4.98 Å². The molecule has 1 atom stereocenters. The molecular formula is C20H27N3O2S. The summed E-state index contributed by atoms with van der Waals surface area (Å²) >= 11 is 1.62. The molecule has 6 heteroatoms. The molecule has 1 aliphatic rings. The molecule has 0 saturated carbocycles. The topological polar surface area (TPSA) is 54.5 Å². The Bertz CT molecular complexity index is 721. The molecule has 26 heavy (non-hydrogen) atoms. The fourth-order valence-electron chi connectivity index (χ4n) is 3.25. The lowest BCUT2D eigenvalue weighted by molar-refractivity contribution is 0.00673. The second-order valence-electron chi connectivity index (χ2n) is 7.04. The minimum absolute atomic E-state index is 0.0224. The van der Waals surface area contributed by atoms with Crippen molar-refractivity contribution in [1.29, 1.82) is 0 Å². The van der Waals surface area contributed by atoms with Gasteiger partial charge in [0.1, 0.15) is 5.01 Å². The fraction of sp³-hybridized carbons (Fsp3) is 0.500. The minimum atomic E-state index is -0.0224. The Balaban J connectivity index is 1.60. The molecule has 0 radical (unpaired) electrons. The normalized spacial score (nSPS) is 16.6. The molecule has 1 aliphatic heterocycles. The van der Waals surface area contributed by atoms with Crippen molar-refractivity contribution in [2.45, 2.75) is 26.8 Å². The summed E-state index contributed by atoms with van der Waals surface area (Å²) in [4.78, 5) is 19.4. The van der Waals surface area contributed by atoms with Crippen molar-refractivity contribution in [1.82, 2.24) is 15.2 Å². The van der Waals surface area contributed by atoms with Crippen molar-refractivity contribution in [3.8, 4) is 10.6 Å². The Labute approximate surface area is 159 Å². The zero-order valence-electron chi connectivity index (χ0n) is 15.7. The monoisotopic (exact) mass is 373 g/mol. The Kier molecular flexibility index (Phi) is 6.40. The van der Waals surface area contributed by atoms with Gasteiger partial charge in [0.2, 0.25) is 0 Å². The van der Waals surface area contributed by atoms with Crippen LogP contribution in [0.25, 0.3) is 10.6 Å². The van der Waals surface area contributed by atoms with E-state index in [0.717, 1.165) is 42.6 Å². The minimum Gasteiger partial charge on any atom is -0.379 e. The van der Waals surface area contributed by atoms with Gasteiger partial charge in [0.25, 0.3) is 5.91 Å². The number of morpholine rings is 1. The van der Waals surface area contributed by atoms with Crippen molar-refractivity contribution in [3.63, 3.8) is 0 Å². The highest BCUT2D eigenvalue weighted by atomic mass is 32.1. The number of thiazole rings is 1. The van der Waals surface area contributed by atoms with E-state index in [9.17, 15) is 4.79 Å². The molecule has 0 spiro atoms. The number of hydrogen-bond donors (Lipinski definition) is 1. The molecule has 1 N–H and O–H groups in total. The van der Waals surface area contributed by atoms with Crippen LogP contribution >= 0.6 is 11.3 Å². The smallest absolute Gasteiger partial charge is 0.251 e. The van der Waals surface area contributed by atoms with E-state index in [2.05, 4.69) is 29.0 Å². The van der Waals surface area contributed by atoms with Crippen LogP contribution in [0.3, 0.4) is 0 Å². The van der Waals surface area contributed by atoms with Crippen molar-refractivity contribution < 1.29 is 9.53 Å². The Morgan fingerprint density at radius 2 is 1.96 bits per heavy atom. The highest BCUT2D eigenvalue weighted by Gasteiger charge is 2.24. The number of amides is 1. The molecule has 1 amide bonds. The van der Waals surface area contributed by atoms with E-state index < -0.39 is 0 Å². The lowest BCUT2D eigenvalue weighted by Gasteiger charge is -2.36. The second kappa shape index (κ2) is 8.75. The van der Waals surface area contributed by atoms with Gasteiger partial charge in [-0.05, 0) is 25.0 Å². The van der Waals surface area contributed by atoms with Gasteiger partial charge in [-0.3, -0.25) is 9.69 Å². The highest BCUT2D eigenvalue weighted by Crippen LogP contribution is 2.23. The lowest BCUT2D eigenvalue weighted by Crippen LogP contribution is -2.51. The van der Waals surface area contributed by atoms with Crippen LogP contribution in [0, 0.1) is 12.8 Å². The molecule has 3 rings (SSSR count). The van der Waals surface area contributed by atoms with E-state index in [1.54, 1.807) is 11.3 Å². The molecular weight excluding hydrogens is 346 g/mol. The summed E-state index contributed by atoms with van der Waals surface area (Å²) in [6.45, 7) is 10.5. The number of aromatic nitrogens is 1. The third-order valence-corrected chi connectivity index (χ3v) is 5.78. The third-order valence-electron chi connectivity index (χ3n) is 4.77. The van der Waals surface area contributed by atoms with E-state index in [1.165, 1.54) is 0 Å². The number of aryl methyl sites for hydroxylation is 1. The molecule has 1 aromatic heterocycles. The maximum atomic E-state index is 12.5. The van der Waals surface area contributed by atoms with Crippen LogP contribution < -0.4 is 5.32 Å². The predicted octanol–water partition coefficient (Wildman–Crippen LogP) is 3.21. The Morgan fingerprint density at radius 1 is 1.27 bits per heavy atom. The quantitative estimate of drug-likeness (QED) is 0.845. The van der Waals surface area contributed by atoms with E-state index >= 15 is 0 Å². The van der Waals surface area contributed by atoms with Gasteiger partial charge < -0.3 is 10.1 Å². The number of carbonyl (C=O) groups is 1. The number of rotatable bonds is 6. The third kappa shape index (κ3) is 4.69. The van der Waals surface area contributed by atoms with Crippen LogP contribution in [0.5, 0.6) is 0 Å². The number of ether oxygens (including phenoxy) is 1. The lowest BCUT2D eigenvalue weighted by atomic mass is 10.0. The first-order valence-electron chi connectivity index (χ1n) is 9.17. The van der Waals surface area contributed by atoms with Gasteiger partial charge in [0.15, 0.2) is 0 Å². The number of benzene rings is 1. The average Bonchev–Trinajstić information content (AvgIpc) is 3.09. The summed E-state index contributed by atoms with van der Waals surface area (Å²) in [5, 5.41) is 6.13. The van der Waals surface area contributed by atoms with Gasteiger partial charge in [-0.15, -0.1) is 11.3 Å². The van der Waals surface area contributed by atoms with E-state index in [0.29, 0.717) is 24.1 Å². The number of nitrogens with one attached hydrogen (secondary N) is 1. The molecule has 0 bridgehead atoms. The van der Waals surface area contributed by atoms with Gasteiger partial charge in [-0.1, -0.05) is 26.0 Å². The summed E-state index contributed by atoms with van der Waals surface area (Å²) < 4.78 is 5.44. The predicted molar refractivity (Wildman–Crippen MR) is 106 cm³/mol. The summed E-state index contributed by atoms with van der Waals surface area (Å²) in [5.74, 6) is 0.453. The first kappa shape index (κ1) is 19.0. The van der Waals surface area contributed by atoms with Crippen molar-refractivity contribution in [3.05, 3.63) is 40.9 Å². The maximum absolute atomic E-state index is 12.5. The van der Waals surface area contributed by atoms with E-state index in [-0.39, 0.29) is 5.91 Å². The van der Waals surface area contributed by atoms with Crippen LogP contribution in [0.15, 0.2) is 29.6 Å². The van der Waals surface area contributed by atoms with Crippen molar-refractivity contribution in [2.75, 3.05) is 32.8 Å². The molecule has 5 nitrogen and oxygen atoms in total. The highest BCUT2D eigenvalue weighted by molar-refractivity contribution is 7.13. The zero-order valence-corrected chi connectivity index (χ0v) is 16.5. The summed E-state index contributed by atoms with van der Waals surface area (Å²) in [5.41, 5.74) is 2.76. The van der Waals surface area contributed by atoms with Crippen LogP contribution in [-0.2, 0) is 4.74 Å². The largest absolute Gasteiger partial charge is 0.379 e. The maximum Gasteiger partial charge on any atom is 0.251 e. The number of nitrogens with zero attached hydrogens (tertiary/aromatic N) is 2. The number of carbonyl (C=O) groups excluding carboxylic acids is 1. The first-order valence-corrected chi connectivity index (χ1v) is 10.0. The van der Waals surface area contributed by atoms with Crippen LogP contribution in [0.2, 0.25) is 0 Å².